The van der Waals surface area contributed by atoms with E-state index in [-0.39, 0.29) is 0 Å². The molecule has 1 unspecified atom stereocenters. The second-order valence-electron chi connectivity index (χ2n) is 3.44. The van der Waals surface area contributed by atoms with E-state index >= 15 is 0 Å². The number of urea groups is 1. The van der Waals surface area contributed by atoms with Crippen LogP contribution >= 0.6 is 0 Å². The summed E-state index contributed by atoms with van der Waals surface area (Å²) in [6.07, 6.45) is 2.30. The molecule has 0 radical (unpaired) electrons. The zero-order chi connectivity index (χ0) is 12.0. The van der Waals surface area contributed by atoms with E-state index in [1.165, 1.54) is 6.26 Å². The van der Waals surface area contributed by atoms with Gasteiger partial charge in [-0.3, -0.25) is 0 Å². The van der Waals surface area contributed by atoms with E-state index in [2.05, 4.69) is 9.68 Å². The third kappa shape index (κ3) is 3.66. The highest BCUT2D eigenvalue weighted by atomic mass is 32.2. The van der Waals surface area contributed by atoms with Crippen molar-refractivity contribution in [1.29, 1.82) is 0 Å². The minimum Gasteiger partial charge on any atom is -0.336 e. The van der Waals surface area contributed by atoms with E-state index in [0.717, 1.165) is 6.42 Å². The molecule has 0 fully saturated rings. The topological polar surface area (TPSA) is 58.5 Å². The molecule has 4 nitrogen and oxygen atoms in total. The van der Waals surface area contributed by atoms with Crippen molar-refractivity contribution in [1.82, 2.24) is 5.32 Å². The third-order valence-corrected chi connectivity index (χ3v) is 3.62. The quantitative estimate of drug-likeness (QED) is 0.881. The Morgan fingerprint density at radius 2 is 2.00 bits per heavy atom. The zero-order valence-electron chi connectivity index (χ0n) is 9.47. The van der Waals surface area contributed by atoms with Gasteiger partial charge in [0.1, 0.15) is 0 Å². The zero-order valence-corrected chi connectivity index (χ0v) is 10.3. The molecular weight excluding hydrogens is 224 g/mol. The molecule has 0 spiro atoms. The fourth-order valence-electron chi connectivity index (χ4n) is 1.15. The van der Waals surface area contributed by atoms with Crippen LogP contribution in [-0.2, 0) is 9.73 Å². The Kier molecular flexibility index (Phi) is 4.49. The van der Waals surface area contributed by atoms with Gasteiger partial charge in [0.25, 0.3) is 0 Å². The largest absolute Gasteiger partial charge is 0.349 e. The Labute approximate surface area is 96.2 Å². The van der Waals surface area contributed by atoms with Gasteiger partial charge in [-0.05, 0) is 18.6 Å². The smallest absolute Gasteiger partial charge is 0.336 e. The van der Waals surface area contributed by atoms with Gasteiger partial charge in [0, 0.05) is 17.7 Å². The van der Waals surface area contributed by atoms with Gasteiger partial charge in [-0.15, -0.1) is 4.36 Å². The predicted octanol–water partition coefficient (Wildman–Crippen LogP) is 2.26. The number of hydrogen-bond acceptors (Lipinski definition) is 2. The van der Waals surface area contributed by atoms with Gasteiger partial charge in [-0.25, -0.2) is 9.00 Å². The van der Waals surface area contributed by atoms with Gasteiger partial charge in [-0.1, -0.05) is 25.1 Å². The Hall–Kier alpha value is -1.36. The van der Waals surface area contributed by atoms with Crippen LogP contribution in [0.4, 0.5) is 4.79 Å². The molecule has 0 heterocycles. The van der Waals surface area contributed by atoms with Crippen LogP contribution in [0.3, 0.4) is 0 Å². The number of benzene rings is 1. The first-order valence-electron chi connectivity index (χ1n) is 5.11. The van der Waals surface area contributed by atoms with Crippen molar-refractivity contribution >= 4 is 15.8 Å². The van der Waals surface area contributed by atoms with Gasteiger partial charge in [-0.2, -0.15) is 0 Å². The molecule has 1 aromatic rings. The maximum Gasteiger partial charge on any atom is 0.349 e. The number of rotatable bonds is 3. The van der Waals surface area contributed by atoms with E-state index in [4.69, 9.17) is 0 Å². The highest BCUT2D eigenvalue weighted by molar-refractivity contribution is 7.93. The molecule has 16 heavy (non-hydrogen) atoms. The minimum absolute atomic E-state index is 0.516. The summed E-state index contributed by atoms with van der Waals surface area (Å²) in [7, 11) is -2.63. The summed E-state index contributed by atoms with van der Waals surface area (Å²) < 4.78 is 15.8. The number of nitrogens with one attached hydrogen (secondary N) is 1. The second kappa shape index (κ2) is 5.65. The normalized spacial score (nSPS) is 13.9. The summed E-state index contributed by atoms with van der Waals surface area (Å²) in [6, 6.07) is 8.28. The molecule has 1 rings (SSSR count). The highest BCUT2D eigenvalue weighted by Gasteiger charge is 2.07. The molecule has 2 amide bonds. The maximum absolute atomic E-state index is 12.1. The summed E-state index contributed by atoms with van der Waals surface area (Å²) in [6.45, 7) is 2.49. The van der Waals surface area contributed by atoms with Crippen molar-refractivity contribution in [3.8, 4) is 0 Å². The average molecular weight is 240 g/mol. The molecule has 1 aromatic carbocycles. The van der Waals surface area contributed by atoms with E-state index in [9.17, 15) is 9.00 Å². The molecule has 88 valence electrons. The lowest BCUT2D eigenvalue weighted by atomic mass is 10.4. The molecule has 0 aliphatic rings. The molecule has 0 aliphatic carbocycles. The van der Waals surface area contributed by atoms with Crippen LogP contribution in [0.5, 0.6) is 0 Å². The minimum atomic E-state index is -2.63. The van der Waals surface area contributed by atoms with Crippen LogP contribution in [0.15, 0.2) is 39.6 Å². The van der Waals surface area contributed by atoms with E-state index in [1.807, 2.05) is 13.0 Å². The van der Waals surface area contributed by atoms with Crippen LogP contribution < -0.4 is 5.32 Å². The van der Waals surface area contributed by atoms with Crippen LogP contribution in [0, 0.1) is 0 Å². The Balaban J connectivity index is 2.90. The number of nitrogens with zero attached hydrogens (tertiary/aromatic N) is 1. The fraction of sp³-hybridized carbons (Fsp3) is 0.364. The van der Waals surface area contributed by atoms with E-state index < -0.39 is 15.8 Å². The van der Waals surface area contributed by atoms with Crippen LogP contribution in [-0.4, -0.2) is 23.0 Å². The van der Waals surface area contributed by atoms with E-state index in [1.54, 1.807) is 24.3 Å². The lowest BCUT2D eigenvalue weighted by Crippen LogP contribution is -2.21. The molecule has 0 saturated carbocycles. The van der Waals surface area contributed by atoms with Gasteiger partial charge in [0.2, 0.25) is 0 Å². The molecule has 0 aromatic heterocycles. The maximum atomic E-state index is 12.1. The van der Waals surface area contributed by atoms with Gasteiger partial charge in [0.05, 0.1) is 9.73 Å². The number of carbonyl (C=O) groups excluding carboxylic acids is 1. The van der Waals surface area contributed by atoms with E-state index in [0.29, 0.717) is 11.4 Å². The summed E-state index contributed by atoms with van der Waals surface area (Å²) in [4.78, 5) is 11.9. The SMILES string of the molecule is CCCNC(=O)N=S(C)(=O)c1ccccc1. The molecule has 0 aliphatic heterocycles. The number of hydrogen-bond donors (Lipinski definition) is 1. The molecule has 1 atom stereocenters. The molecule has 1 N–H and O–H groups in total. The molecule has 0 saturated heterocycles. The number of carbonyl (C=O) groups is 1. The lowest BCUT2D eigenvalue weighted by molar-refractivity contribution is 0.249. The molecule has 0 bridgehead atoms. The standard InChI is InChI=1S/C11H16N2O2S/c1-3-9-12-11(14)13-16(2,15)10-7-5-4-6-8-10/h4-8H,3,9H2,1-2H3,(H,12,14). The molecular formula is C11H16N2O2S. The van der Waals surface area contributed by atoms with Crippen molar-refractivity contribution in [2.24, 2.45) is 4.36 Å². The Bertz CT molecular complexity index is 462. The lowest BCUT2D eigenvalue weighted by Gasteiger charge is -2.04. The first-order valence-corrected chi connectivity index (χ1v) is 7.03. The van der Waals surface area contributed by atoms with Crippen molar-refractivity contribution in [3.63, 3.8) is 0 Å². The van der Waals surface area contributed by atoms with Crippen molar-refractivity contribution in [2.45, 2.75) is 18.2 Å². The highest BCUT2D eigenvalue weighted by Crippen LogP contribution is 2.10. The monoisotopic (exact) mass is 240 g/mol. The summed E-state index contributed by atoms with van der Waals surface area (Å²) in [5.74, 6) is 0. The summed E-state index contributed by atoms with van der Waals surface area (Å²) in [5, 5.41) is 2.57. The van der Waals surface area contributed by atoms with Gasteiger partial charge < -0.3 is 5.32 Å². The Morgan fingerprint density at radius 1 is 1.38 bits per heavy atom. The summed E-state index contributed by atoms with van der Waals surface area (Å²) >= 11 is 0. The fourth-order valence-corrected chi connectivity index (χ4v) is 2.30. The van der Waals surface area contributed by atoms with Gasteiger partial charge >= 0.3 is 6.03 Å². The average Bonchev–Trinajstić information content (AvgIpc) is 2.27. The first kappa shape index (κ1) is 12.7. The second-order valence-corrected chi connectivity index (χ2v) is 5.70. The van der Waals surface area contributed by atoms with Crippen LogP contribution in [0.2, 0.25) is 0 Å². The van der Waals surface area contributed by atoms with Crippen LogP contribution in [0.1, 0.15) is 13.3 Å². The van der Waals surface area contributed by atoms with Crippen molar-refractivity contribution in [2.75, 3.05) is 12.8 Å². The first-order chi connectivity index (χ1) is 7.56. The van der Waals surface area contributed by atoms with Crippen molar-refractivity contribution < 1.29 is 9.00 Å². The number of amides is 2. The van der Waals surface area contributed by atoms with Gasteiger partial charge in [0.15, 0.2) is 0 Å². The molecule has 5 heteroatoms. The Morgan fingerprint density at radius 3 is 2.56 bits per heavy atom. The predicted molar refractivity (Wildman–Crippen MR) is 64.9 cm³/mol. The summed E-state index contributed by atoms with van der Waals surface area (Å²) in [5.41, 5.74) is 0. The van der Waals surface area contributed by atoms with Crippen LogP contribution in [0.25, 0.3) is 0 Å². The third-order valence-electron chi connectivity index (χ3n) is 1.96. The van der Waals surface area contributed by atoms with Crippen molar-refractivity contribution in [3.05, 3.63) is 30.3 Å².